The Morgan fingerprint density at radius 2 is 1.90 bits per heavy atom. The highest BCUT2D eigenvalue weighted by Crippen LogP contribution is 2.22. The Labute approximate surface area is 122 Å². The topological polar surface area (TPSA) is 59.2 Å². The van der Waals surface area contributed by atoms with Gasteiger partial charge in [-0.1, -0.05) is 18.2 Å². The summed E-state index contributed by atoms with van der Waals surface area (Å²) in [4.78, 5) is 18.6. The fourth-order valence-corrected chi connectivity index (χ4v) is 2.32. The lowest BCUT2D eigenvalue weighted by atomic mass is 10.1. The van der Waals surface area contributed by atoms with E-state index in [9.17, 15) is 4.79 Å². The number of pyridine rings is 1. The van der Waals surface area contributed by atoms with Crippen molar-refractivity contribution in [3.8, 4) is 0 Å². The van der Waals surface area contributed by atoms with Crippen LogP contribution in [0.15, 0.2) is 60.8 Å². The Morgan fingerprint density at radius 1 is 1.10 bits per heavy atom. The molecule has 104 valence electrons. The minimum Gasteiger partial charge on any atom is -0.399 e. The van der Waals surface area contributed by atoms with Crippen molar-refractivity contribution in [2.24, 2.45) is 0 Å². The number of rotatable bonds is 2. The van der Waals surface area contributed by atoms with Gasteiger partial charge in [-0.2, -0.15) is 0 Å². The van der Waals surface area contributed by atoms with Crippen LogP contribution >= 0.6 is 0 Å². The molecule has 4 heteroatoms. The molecule has 3 rings (SSSR count). The quantitative estimate of drug-likeness (QED) is 0.732. The maximum absolute atomic E-state index is 12.7. The van der Waals surface area contributed by atoms with Crippen molar-refractivity contribution in [3.63, 3.8) is 0 Å². The number of hydrogen-bond donors (Lipinski definition) is 1. The summed E-state index contributed by atoms with van der Waals surface area (Å²) in [5, 5.41) is 0.848. The van der Waals surface area contributed by atoms with E-state index in [0.29, 0.717) is 11.3 Å². The highest BCUT2D eigenvalue weighted by Gasteiger charge is 2.16. The largest absolute Gasteiger partial charge is 0.399 e. The van der Waals surface area contributed by atoms with E-state index < -0.39 is 0 Å². The molecule has 0 bridgehead atoms. The number of fused-ring (bicyclic) bond motifs is 1. The first-order chi connectivity index (χ1) is 10.2. The molecule has 2 N–H and O–H groups in total. The van der Waals surface area contributed by atoms with Crippen LogP contribution in [0.3, 0.4) is 0 Å². The van der Waals surface area contributed by atoms with Gasteiger partial charge in [0.2, 0.25) is 0 Å². The third kappa shape index (κ3) is 2.43. The monoisotopic (exact) mass is 277 g/mol. The van der Waals surface area contributed by atoms with E-state index in [-0.39, 0.29) is 5.91 Å². The molecule has 0 saturated heterocycles. The highest BCUT2D eigenvalue weighted by molar-refractivity contribution is 6.13. The SMILES string of the molecule is CN(C(=O)c1cccc2ncccc12)c1cccc(N)c1. The second-order valence-electron chi connectivity index (χ2n) is 4.83. The minimum atomic E-state index is -0.0841. The van der Waals surface area contributed by atoms with E-state index >= 15 is 0 Å². The third-order valence-corrected chi connectivity index (χ3v) is 3.44. The fraction of sp³-hybridized carbons (Fsp3) is 0.0588. The van der Waals surface area contributed by atoms with Crippen LogP contribution in [0.1, 0.15) is 10.4 Å². The standard InChI is InChI=1S/C17H15N3O/c1-20(13-6-2-5-12(18)11-13)17(21)15-7-3-9-16-14(15)8-4-10-19-16/h2-11H,18H2,1H3. The van der Waals surface area contributed by atoms with Crippen LogP contribution in [0.25, 0.3) is 10.9 Å². The summed E-state index contributed by atoms with van der Waals surface area (Å²) >= 11 is 0. The van der Waals surface area contributed by atoms with Crippen LogP contribution < -0.4 is 10.6 Å². The number of nitrogens with zero attached hydrogens (tertiary/aromatic N) is 2. The molecule has 0 radical (unpaired) electrons. The number of hydrogen-bond acceptors (Lipinski definition) is 3. The summed E-state index contributed by atoms with van der Waals surface area (Å²) in [6, 6.07) is 16.6. The Balaban J connectivity index is 2.04. The molecule has 0 atom stereocenters. The van der Waals surface area contributed by atoms with Crippen LogP contribution in [0.4, 0.5) is 11.4 Å². The minimum absolute atomic E-state index is 0.0841. The van der Waals surface area contributed by atoms with Crippen LogP contribution in [-0.2, 0) is 0 Å². The van der Waals surface area contributed by atoms with Gasteiger partial charge in [-0.15, -0.1) is 0 Å². The molecule has 0 aliphatic heterocycles. The second kappa shape index (κ2) is 5.25. The van der Waals surface area contributed by atoms with Gasteiger partial charge in [0, 0.05) is 35.6 Å². The molecule has 1 heterocycles. The molecule has 4 nitrogen and oxygen atoms in total. The van der Waals surface area contributed by atoms with E-state index in [4.69, 9.17) is 5.73 Å². The number of nitrogen functional groups attached to an aromatic ring is 1. The normalized spacial score (nSPS) is 10.5. The summed E-state index contributed by atoms with van der Waals surface area (Å²) in [5.74, 6) is -0.0841. The van der Waals surface area contributed by atoms with Gasteiger partial charge < -0.3 is 10.6 Å². The predicted octanol–water partition coefficient (Wildman–Crippen LogP) is 3.09. The van der Waals surface area contributed by atoms with Crippen molar-refractivity contribution >= 4 is 28.2 Å². The molecular formula is C17H15N3O. The zero-order valence-corrected chi connectivity index (χ0v) is 11.7. The number of carbonyl (C=O) groups is 1. The highest BCUT2D eigenvalue weighted by atomic mass is 16.2. The van der Waals surface area contributed by atoms with Gasteiger partial charge in [0.05, 0.1) is 5.52 Å². The van der Waals surface area contributed by atoms with Gasteiger partial charge in [-0.3, -0.25) is 9.78 Å². The van der Waals surface area contributed by atoms with E-state index in [1.165, 1.54) is 0 Å². The second-order valence-corrected chi connectivity index (χ2v) is 4.83. The van der Waals surface area contributed by atoms with E-state index in [1.807, 2.05) is 42.5 Å². The summed E-state index contributed by atoms with van der Waals surface area (Å²) in [5.41, 5.74) is 8.61. The molecule has 21 heavy (non-hydrogen) atoms. The molecule has 1 aromatic heterocycles. The lowest BCUT2D eigenvalue weighted by Crippen LogP contribution is -2.26. The molecule has 1 amide bonds. The molecule has 0 saturated carbocycles. The van der Waals surface area contributed by atoms with Crippen LogP contribution in [0.5, 0.6) is 0 Å². The molecule has 0 aliphatic rings. The van der Waals surface area contributed by atoms with Crippen LogP contribution in [-0.4, -0.2) is 17.9 Å². The van der Waals surface area contributed by atoms with Crippen molar-refractivity contribution in [3.05, 3.63) is 66.4 Å². The summed E-state index contributed by atoms with van der Waals surface area (Å²) < 4.78 is 0. The smallest absolute Gasteiger partial charge is 0.258 e. The fourth-order valence-electron chi connectivity index (χ4n) is 2.32. The van der Waals surface area contributed by atoms with Crippen molar-refractivity contribution in [2.45, 2.75) is 0 Å². The van der Waals surface area contributed by atoms with Gasteiger partial charge in [0.25, 0.3) is 5.91 Å². The predicted molar refractivity (Wildman–Crippen MR) is 85.3 cm³/mol. The van der Waals surface area contributed by atoms with Gasteiger partial charge in [-0.25, -0.2) is 0 Å². The maximum Gasteiger partial charge on any atom is 0.258 e. The molecule has 2 aromatic carbocycles. The first-order valence-corrected chi connectivity index (χ1v) is 6.64. The van der Waals surface area contributed by atoms with Crippen LogP contribution in [0.2, 0.25) is 0 Å². The van der Waals surface area contributed by atoms with Crippen molar-refractivity contribution in [1.29, 1.82) is 0 Å². The zero-order chi connectivity index (χ0) is 14.8. The number of aromatic nitrogens is 1. The van der Waals surface area contributed by atoms with E-state index in [1.54, 1.807) is 30.3 Å². The molecular weight excluding hydrogens is 262 g/mol. The Hall–Kier alpha value is -2.88. The Morgan fingerprint density at radius 3 is 2.71 bits per heavy atom. The van der Waals surface area contributed by atoms with Gasteiger partial charge >= 0.3 is 0 Å². The average Bonchev–Trinajstić information content (AvgIpc) is 2.53. The number of carbonyl (C=O) groups excluding carboxylic acids is 1. The molecule has 0 spiro atoms. The molecule has 0 fully saturated rings. The van der Waals surface area contributed by atoms with E-state index in [0.717, 1.165) is 16.6 Å². The lowest BCUT2D eigenvalue weighted by molar-refractivity contribution is 0.0994. The molecule has 0 unspecified atom stereocenters. The van der Waals surface area contributed by atoms with E-state index in [2.05, 4.69) is 4.98 Å². The summed E-state index contributed by atoms with van der Waals surface area (Å²) in [6.45, 7) is 0. The first-order valence-electron chi connectivity index (χ1n) is 6.64. The van der Waals surface area contributed by atoms with Crippen LogP contribution in [0, 0.1) is 0 Å². The van der Waals surface area contributed by atoms with Crippen molar-refractivity contribution < 1.29 is 4.79 Å². The summed E-state index contributed by atoms with van der Waals surface area (Å²) in [7, 11) is 1.74. The van der Waals surface area contributed by atoms with Crippen molar-refractivity contribution in [1.82, 2.24) is 4.98 Å². The summed E-state index contributed by atoms with van der Waals surface area (Å²) in [6.07, 6.45) is 1.72. The van der Waals surface area contributed by atoms with Gasteiger partial charge in [0.1, 0.15) is 0 Å². The Bertz CT molecular complexity index is 808. The number of amides is 1. The zero-order valence-electron chi connectivity index (χ0n) is 11.7. The lowest BCUT2D eigenvalue weighted by Gasteiger charge is -2.18. The third-order valence-electron chi connectivity index (χ3n) is 3.44. The maximum atomic E-state index is 12.7. The molecule has 3 aromatic rings. The first kappa shape index (κ1) is 13.1. The van der Waals surface area contributed by atoms with Gasteiger partial charge in [0.15, 0.2) is 0 Å². The van der Waals surface area contributed by atoms with Crippen molar-refractivity contribution in [2.75, 3.05) is 17.7 Å². The average molecular weight is 277 g/mol. The Kier molecular flexibility index (Phi) is 3.28. The molecule has 0 aliphatic carbocycles. The van der Waals surface area contributed by atoms with Gasteiger partial charge in [-0.05, 0) is 36.4 Å². The number of anilines is 2. The number of nitrogens with two attached hydrogens (primary N) is 1. The number of benzene rings is 2.